The highest BCUT2D eigenvalue weighted by Crippen LogP contribution is 2.11. The van der Waals surface area contributed by atoms with Crippen LogP contribution in [0.5, 0.6) is 0 Å². The van der Waals surface area contributed by atoms with Crippen LogP contribution in [0.2, 0.25) is 0 Å². The number of hydrogen-bond acceptors (Lipinski definition) is 3. The summed E-state index contributed by atoms with van der Waals surface area (Å²) < 4.78 is 3.18. The molecule has 0 spiro atoms. The molecule has 0 radical (unpaired) electrons. The third-order valence-electron chi connectivity index (χ3n) is 0.593. The van der Waals surface area contributed by atoms with Gasteiger partial charge in [-0.25, -0.2) is 0 Å². The molecule has 1 heterocycles. The third kappa shape index (κ3) is 1.41. The summed E-state index contributed by atoms with van der Waals surface area (Å²) in [5.41, 5.74) is 0. The second-order valence-electron chi connectivity index (χ2n) is 1.06. The SMILES string of the molecule is C1CSCSN1. The molecule has 0 saturated carbocycles. The van der Waals surface area contributed by atoms with E-state index in [1.807, 2.05) is 23.7 Å². The van der Waals surface area contributed by atoms with Gasteiger partial charge >= 0.3 is 0 Å². The minimum Gasteiger partial charge on any atom is -0.263 e. The lowest BCUT2D eigenvalue weighted by Crippen LogP contribution is -2.12. The molecule has 1 rings (SSSR count). The van der Waals surface area contributed by atoms with Gasteiger partial charge in [0.2, 0.25) is 0 Å². The summed E-state index contributed by atoms with van der Waals surface area (Å²) in [5, 5.41) is 1.22. The molecule has 1 aliphatic rings. The predicted octanol–water partition coefficient (Wildman–Crippen LogP) is 0.929. The van der Waals surface area contributed by atoms with Crippen molar-refractivity contribution in [2.45, 2.75) is 0 Å². The van der Waals surface area contributed by atoms with Crippen molar-refractivity contribution in [2.75, 3.05) is 17.4 Å². The summed E-state index contributed by atoms with van der Waals surface area (Å²) in [7, 11) is 0. The minimum absolute atomic E-state index is 1.18. The number of rotatable bonds is 0. The first-order valence-corrected chi connectivity index (χ1v) is 4.06. The first-order chi connectivity index (χ1) is 3.00. The highest BCUT2D eigenvalue weighted by molar-refractivity contribution is 8.15. The van der Waals surface area contributed by atoms with Gasteiger partial charge in [0.05, 0.1) is 5.08 Å². The summed E-state index contributed by atoms with van der Waals surface area (Å²) in [4.78, 5) is 0. The van der Waals surface area contributed by atoms with E-state index in [2.05, 4.69) is 4.72 Å². The second-order valence-corrected chi connectivity index (χ2v) is 3.40. The molecule has 1 N–H and O–H groups in total. The fourth-order valence-corrected chi connectivity index (χ4v) is 2.09. The van der Waals surface area contributed by atoms with Crippen LogP contribution in [0.4, 0.5) is 0 Å². The van der Waals surface area contributed by atoms with Gasteiger partial charge in [0.1, 0.15) is 0 Å². The smallest absolute Gasteiger partial charge is 0.0538 e. The maximum Gasteiger partial charge on any atom is 0.0538 e. The number of nitrogens with one attached hydrogen (secondary N) is 1. The first kappa shape index (κ1) is 4.81. The molecule has 0 unspecified atom stereocenters. The van der Waals surface area contributed by atoms with Gasteiger partial charge in [-0.05, 0) is 0 Å². The van der Waals surface area contributed by atoms with Crippen LogP contribution in [0.25, 0.3) is 0 Å². The molecule has 1 aliphatic heterocycles. The Morgan fingerprint density at radius 2 is 2.50 bits per heavy atom. The fourth-order valence-electron chi connectivity index (χ4n) is 0.328. The number of hydrogen-bond donors (Lipinski definition) is 1. The molecular formula is C3H7NS2. The lowest BCUT2D eigenvalue weighted by Gasteiger charge is -2.07. The Morgan fingerprint density at radius 1 is 1.50 bits per heavy atom. The van der Waals surface area contributed by atoms with E-state index in [1.165, 1.54) is 17.4 Å². The van der Waals surface area contributed by atoms with E-state index in [0.717, 1.165) is 0 Å². The van der Waals surface area contributed by atoms with Crippen LogP contribution >= 0.6 is 23.7 Å². The minimum atomic E-state index is 1.18. The zero-order valence-electron chi connectivity index (χ0n) is 3.44. The molecule has 0 aromatic rings. The molecule has 1 saturated heterocycles. The maximum atomic E-state index is 3.18. The average Bonchev–Trinajstić information content (AvgIpc) is 1.72. The lowest BCUT2D eigenvalue weighted by molar-refractivity contribution is 1.04. The Balaban J connectivity index is 2.00. The molecule has 0 aromatic heterocycles. The van der Waals surface area contributed by atoms with Gasteiger partial charge in [-0.3, -0.25) is 4.72 Å². The maximum absolute atomic E-state index is 3.18. The largest absolute Gasteiger partial charge is 0.263 e. The normalized spacial score (nSPS) is 24.0. The fraction of sp³-hybridized carbons (Fsp3) is 1.00. The van der Waals surface area contributed by atoms with Crippen molar-refractivity contribution in [3.63, 3.8) is 0 Å². The van der Waals surface area contributed by atoms with E-state index < -0.39 is 0 Å². The van der Waals surface area contributed by atoms with Crippen molar-refractivity contribution in [1.29, 1.82) is 0 Å². The van der Waals surface area contributed by atoms with Gasteiger partial charge in [-0.15, -0.1) is 11.8 Å². The molecule has 0 aliphatic carbocycles. The van der Waals surface area contributed by atoms with Crippen LogP contribution in [0, 0.1) is 0 Å². The van der Waals surface area contributed by atoms with Crippen LogP contribution in [0.15, 0.2) is 0 Å². The zero-order chi connectivity index (χ0) is 4.24. The van der Waals surface area contributed by atoms with Crippen molar-refractivity contribution in [1.82, 2.24) is 4.72 Å². The number of thioether (sulfide) groups is 1. The Hall–Kier alpha value is 0.660. The van der Waals surface area contributed by atoms with Crippen molar-refractivity contribution in [3.05, 3.63) is 0 Å². The summed E-state index contributed by atoms with van der Waals surface area (Å²) in [6.07, 6.45) is 0. The molecular weight excluding hydrogens is 114 g/mol. The first-order valence-electron chi connectivity index (χ1n) is 1.92. The van der Waals surface area contributed by atoms with Crippen LogP contribution in [0.1, 0.15) is 0 Å². The van der Waals surface area contributed by atoms with E-state index in [9.17, 15) is 0 Å². The third-order valence-corrected chi connectivity index (χ3v) is 2.63. The summed E-state index contributed by atoms with van der Waals surface area (Å²) in [6, 6.07) is 0. The van der Waals surface area contributed by atoms with Crippen molar-refractivity contribution in [3.8, 4) is 0 Å². The highest BCUT2D eigenvalue weighted by atomic mass is 32.2. The van der Waals surface area contributed by atoms with Crippen LogP contribution < -0.4 is 4.72 Å². The van der Waals surface area contributed by atoms with Crippen molar-refractivity contribution >= 4 is 23.7 Å². The lowest BCUT2D eigenvalue weighted by atomic mass is 10.8. The molecule has 1 nitrogen and oxygen atoms in total. The van der Waals surface area contributed by atoms with Crippen molar-refractivity contribution in [2.24, 2.45) is 0 Å². The predicted molar refractivity (Wildman–Crippen MR) is 32.9 cm³/mol. The summed E-state index contributed by atoms with van der Waals surface area (Å²) >= 11 is 3.80. The van der Waals surface area contributed by atoms with E-state index in [-0.39, 0.29) is 0 Å². The highest BCUT2D eigenvalue weighted by Gasteiger charge is 1.94. The molecule has 3 heteroatoms. The van der Waals surface area contributed by atoms with Crippen LogP contribution in [-0.2, 0) is 0 Å². The van der Waals surface area contributed by atoms with E-state index in [4.69, 9.17) is 0 Å². The molecule has 0 atom stereocenters. The summed E-state index contributed by atoms with van der Waals surface area (Å²) in [5.74, 6) is 1.28. The molecule has 0 bridgehead atoms. The molecule has 6 heavy (non-hydrogen) atoms. The second kappa shape index (κ2) is 2.77. The van der Waals surface area contributed by atoms with Gasteiger partial charge in [-0.1, -0.05) is 11.9 Å². The topological polar surface area (TPSA) is 12.0 Å². The Morgan fingerprint density at radius 3 is 2.67 bits per heavy atom. The Labute approximate surface area is 46.4 Å². The summed E-state index contributed by atoms with van der Waals surface area (Å²) in [6.45, 7) is 1.18. The van der Waals surface area contributed by atoms with Crippen LogP contribution in [-0.4, -0.2) is 17.4 Å². The molecule has 0 amide bonds. The zero-order valence-corrected chi connectivity index (χ0v) is 5.07. The van der Waals surface area contributed by atoms with Gasteiger partial charge in [0.15, 0.2) is 0 Å². The quantitative estimate of drug-likeness (QED) is 0.479. The Bertz CT molecular complexity index is 24.3. The van der Waals surface area contributed by atoms with E-state index in [0.29, 0.717) is 0 Å². The standard InChI is InChI=1S/C3H7NS2/c1-2-5-3-6-4-1/h4H,1-3H2. The van der Waals surface area contributed by atoms with Gasteiger partial charge in [0.25, 0.3) is 0 Å². The molecule has 0 aromatic carbocycles. The van der Waals surface area contributed by atoms with E-state index >= 15 is 0 Å². The van der Waals surface area contributed by atoms with Gasteiger partial charge in [0, 0.05) is 12.3 Å². The molecule has 1 fully saturated rings. The van der Waals surface area contributed by atoms with Gasteiger partial charge in [-0.2, -0.15) is 0 Å². The van der Waals surface area contributed by atoms with Crippen molar-refractivity contribution < 1.29 is 0 Å². The average molecular weight is 121 g/mol. The molecule has 36 valence electrons. The van der Waals surface area contributed by atoms with E-state index in [1.54, 1.807) is 0 Å². The van der Waals surface area contributed by atoms with Crippen LogP contribution in [0.3, 0.4) is 0 Å². The van der Waals surface area contributed by atoms with Gasteiger partial charge < -0.3 is 0 Å². The Kier molecular flexibility index (Phi) is 2.22. The monoisotopic (exact) mass is 121 g/mol.